The Morgan fingerprint density at radius 2 is 1.86 bits per heavy atom. The molecular weight excluding hydrogens is 356 g/mol. The molecule has 2 aromatic carbocycles. The number of nitrogens with zero attached hydrogens (tertiary/aromatic N) is 3. The molecule has 0 saturated heterocycles. The molecule has 1 unspecified atom stereocenters. The second kappa shape index (κ2) is 6.23. The summed E-state index contributed by atoms with van der Waals surface area (Å²) in [5, 5.41) is 27.4. The molecule has 0 saturated carbocycles. The topological polar surface area (TPSA) is 100 Å². The predicted molar refractivity (Wildman–Crippen MR) is 103 cm³/mol. The molecule has 3 N–H and O–H groups in total. The van der Waals surface area contributed by atoms with Gasteiger partial charge in [0.1, 0.15) is 17.5 Å². The van der Waals surface area contributed by atoms with E-state index in [0.29, 0.717) is 23.8 Å². The van der Waals surface area contributed by atoms with Crippen molar-refractivity contribution in [3.63, 3.8) is 0 Å². The van der Waals surface area contributed by atoms with Crippen molar-refractivity contribution in [2.75, 3.05) is 5.32 Å². The molecule has 2 heterocycles. The Morgan fingerprint density at radius 3 is 2.64 bits per heavy atom. The lowest BCUT2D eigenvalue weighted by Crippen LogP contribution is -2.31. The molecule has 7 nitrogen and oxygen atoms in total. The van der Waals surface area contributed by atoms with E-state index in [4.69, 9.17) is 0 Å². The van der Waals surface area contributed by atoms with Gasteiger partial charge >= 0.3 is 0 Å². The number of phenols is 2. The van der Waals surface area contributed by atoms with Crippen molar-refractivity contribution >= 4 is 11.7 Å². The van der Waals surface area contributed by atoms with Crippen molar-refractivity contribution in [1.29, 1.82) is 0 Å². The molecular formula is C21H18N4O3. The maximum atomic E-state index is 12.8. The average Bonchev–Trinajstić information content (AvgIpc) is 3.10. The number of benzene rings is 2. The number of aromatic nitrogens is 3. The molecule has 1 aromatic heterocycles. The summed E-state index contributed by atoms with van der Waals surface area (Å²) in [6.07, 6.45) is 2.08. The quantitative estimate of drug-likeness (QED) is 0.636. The molecule has 28 heavy (non-hydrogen) atoms. The van der Waals surface area contributed by atoms with Crippen molar-refractivity contribution in [3.05, 3.63) is 65.4 Å². The Morgan fingerprint density at radius 1 is 1.04 bits per heavy atom. The maximum Gasteiger partial charge on any atom is 0.226 e. The van der Waals surface area contributed by atoms with Crippen LogP contribution in [0, 0.1) is 0 Å². The first-order valence-electron chi connectivity index (χ1n) is 9.18. The first kappa shape index (κ1) is 16.6. The van der Waals surface area contributed by atoms with Gasteiger partial charge in [-0.15, -0.1) is 5.10 Å². The number of allylic oxidation sites excluding steroid dienone is 2. The van der Waals surface area contributed by atoms with Gasteiger partial charge < -0.3 is 15.5 Å². The zero-order valence-corrected chi connectivity index (χ0v) is 15.0. The third-order valence-corrected chi connectivity index (χ3v) is 5.18. The van der Waals surface area contributed by atoms with E-state index in [-0.39, 0.29) is 17.3 Å². The largest absolute Gasteiger partial charge is 0.508 e. The molecule has 1 atom stereocenters. The fraction of sp³-hybridized carbons (Fsp3) is 0.190. The van der Waals surface area contributed by atoms with E-state index in [9.17, 15) is 15.0 Å². The summed E-state index contributed by atoms with van der Waals surface area (Å²) in [5.41, 5.74) is 3.11. The van der Waals surface area contributed by atoms with Gasteiger partial charge in [0.15, 0.2) is 11.6 Å². The normalized spacial score (nSPS) is 18.4. The SMILES string of the molecule is O=C1CCCC2=C1C(c1cccc(O)c1)n1nc(-c3ccc(O)cc3)nc1N2. The molecule has 0 fully saturated rings. The Hall–Kier alpha value is -3.61. The zero-order valence-electron chi connectivity index (χ0n) is 15.0. The smallest absolute Gasteiger partial charge is 0.226 e. The number of carbonyl (C=O) groups is 1. The molecule has 7 heteroatoms. The highest BCUT2D eigenvalue weighted by Crippen LogP contribution is 2.41. The minimum atomic E-state index is -0.440. The third-order valence-electron chi connectivity index (χ3n) is 5.18. The lowest BCUT2D eigenvalue weighted by Gasteiger charge is -2.32. The molecule has 140 valence electrons. The van der Waals surface area contributed by atoms with Crippen LogP contribution in [0.5, 0.6) is 11.5 Å². The zero-order chi connectivity index (χ0) is 19.3. The summed E-state index contributed by atoms with van der Waals surface area (Å²) in [6, 6.07) is 13.1. The van der Waals surface area contributed by atoms with Crippen molar-refractivity contribution < 1.29 is 15.0 Å². The molecule has 1 aliphatic heterocycles. The Kier molecular flexibility index (Phi) is 3.68. The van der Waals surface area contributed by atoms with E-state index in [2.05, 4.69) is 15.4 Å². The van der Waals surface area contributed by atoms with E-state index in [1.54, 1.807) is 47.1 Å². The highest BCUT2D eigenvalue weighted by atomic mass is 16.3. The number of nitrogens with one attached hydrogen (secondary N) is 1. The summed E-state index contributed by atoms with van der Waals surface area (Å²) < 4.78 is 1.71. The molecule has 0 bridgehead atoms. The first-order valence-corrected chi connectivity index (χ1v) is 9.18. The average molecular weight is 374 g/mol. The van der Waals surface area contributed by atoms with E-state index in [1.807, 2.05) is 6.07 Å². The number of Topliss-reactive ketones (excluding diaryl/α,β-unsaturated/α-hetero) is 1. The minimum Gasteiger partial charge on any atom is -0.508 e. The number of aromatic hydroxyl groups is 2. The summed E-state index contributed by atoms with van der Waals surface area (Å²) in [7, 11) is 0. The lowest BCUT2D eigenvalue weighted by molar-refractivity contribution is -0.116. The van der Waals surface area contributed by atoms with E-state index >= 15 is 0 Å². The monoisotopic (exact) mass is 374 g/mol. The van der Waals surface area contributed by atoms with Crippen molar-refractivity contribution in [1.82, 2.24) is 14.8 Å². The standard InChI is InChI=1S/C21H18N4O3/c26-14-9-7-12(8-10-14)20-23-21-22-16-5-2-6-17(28)18(16)19(25(21)24-20)13-3-1-4-15(27)11-13/h1,3-4,7-11,19,26-27H,2,5-6H2,(H,22,23,24). The summed E-state index contributed by atoms with van der Waals surface area (Å²) in [6.45, 7) is 0. The number of rotatable bonds is 2. The molecule has 2 aliphatic rings. The van der Waals surface area contributed by atoms with E-state index in [1.165, 1.54) is 0 Å². The first-order chi connectivity index (χ1) is 13.6. The molecule has 0 radical (unpaired) electrons. The van der Waals surface area contributed by atoms with Gasteiger partial charge in [0.2, 0.25) is 5.95 Å². The van der Waals surface area contributed by atoms with Crippen molar-refractivity contribution in [2.24, 2.45) is 0 Å². The van der Waals surface area contributed by atoms with Crippen LogP contribution in [0.25, 0.3) is 11.4 Å². The van der Waals surface area contributed by atoms with Gasteiger partial charge in [-0.2, -0.15) is 4.98 Å². The summed E-state index contributed by atoms with van der Waals surface area (Å²) in [4.78, 5) is 17.4. The van der Waals surface area contributed by atoms with Gasteiger partial charge in [-0.3, -0.25) is 4.79 Å². The van der Waals surface area contributed by atoms with Gasteiger partial charge in [0.05, 0.1) is 0 Å². The Balaban J connectivity index is 1.68. The maximum absolute atomic E-state index is 12.8. The second-order valence-electron chi connectivity index (χ2n) is 7.04. The Labute approximate surface area is 161 Å². The van der Waals surface area contributed by atoms with Gasteiger partial charge in [-0.05, 0) is 54.8 Å². The molecule has 3 aromatic rings. The van der Waals surface area contributed by atoms with E-state index in [0.717, 1.165) is 29.7 Å². The van der Waals surface area contributed by atoms with Gasteiger partial charge in [0, 0.05) is 23.3 Å². The van der Waals surface area contributed by atoms with Crippen LogP contribution >= 0.6 is 0 Å². The number of phenolic OH excluding ortho intramolecular Hbond substituents is 2. The predicted octanol–water partition coefficient (Wildman–Crippen LogP) is 3.38. The third kappa shape index (κ3) is 2.63. The number of hydrogen-bond donors (Lipinski definition) is 3. The van der Waals surface area contributed by atoms with E-state index < -0.39 is 6.04 Å². The number of fused-ring (bicyclic) bond motifs is 1. The fourth-order valence-electron chi connectivity index (χ4n) is 3.89. The lowest BCUT2D eigenvalue weighted by atomic mass is 9.85. The van der Waals surface area contributed by atoms with Crippen LogP contribution in [0.4, 0.5) is 5.95 Å². The van der Waals surface area contributed by atoms with Gasteiger partial charge in [-0.1, -0.05) is 12.1 Å². The molecule has 5 rings (SSSR count). The number of ketones is 1. The van der Waals surface area contributed by atoms with Crippen LogP contribution in [0.15, 0.2) is 59.8 Å². The van der Waals surface area contributed by atoms with Crippen molar-refractivity contribution in [3.8, 4) is 22.9 Å². The van der Waals surface area contributed by atoms with Crippen molar-refractivity contribution in [2.45, 2.75) is 25.3 Å². The highest BCUT2D eigenvalue weighted by Gasteiger charge is 2.37. The van der Waals surface area contributed by atoms with Crippen LogP contribution < -0.4 is 5.32 Å². The Bertz CT molecular complexity index is 1110. The number of hydrogen-bond acceptors (Lipinski definition) is 6. The fourth-order valence-corrected chi connectivity index (χ4v) is 3.89. The molecule has 1 aliphatic carbocycles. The van der Waals surface area contributed by atoms with Crippen LogP contribution in [-0.4, -0.2) is 30.8 Å². The second-order valence-corrected chi connectivity index (χ2v) is 7.04. The number of anilines is 1. The van der Waals surface area contributed by atoms with Crippen LogP contribution in [-0.2, 0) is 4.79 Å². The van der Waals surface area contributed by atoms with Gasteiger partial charge in [-0.25, -0.2) is 4.68 Å². The van der Waals surface area contributed by atoms with Crippen LogP contribution in [0.3, 0.4) is 0 Å². The highest BCUT2D eigenvalue weighted by molar-refractivity contribution is 5.99. The molecule has 0 spiro atoms. The summed E-state index contributed by atoms with van der Waals surface area (Å²) in [5.74, 6) is 1.47. The van der Waals surface area contributed by atoms with Crippen LogP contribution in [0.1, 0.15) is 30.9 Å². The minimum absolute atomic E-state index is 0.0921. The molecule has 0 amide bonds. The van der Waals surface area contributed by atoms with Gasteiger partial charge in [0.25, 0.3) is 0 Å². The summed E-state index contributed by atoms with van der Waals surface area (Å²) >= 11 is 0. The number of carbonyl (C=O) groups excluding carboxylic acids is 1. The van der Waals surface area contributed by atoms with Crippen LogP contribution in [0.2, 0.25) is 0 Å².